The van der Waals surface area contributed by atoms with E-state index in [4.69, 9.17) is 0 Å². The molecule has 0 heterocycles. The van der Waals surface area contributed by atoms with Gasteiger partial charge in [-0.3, -0.25) is 4.79 Å². The van der Waals surface area contributed by atoms with E-state index in [0.717, 1.165) is 6.92 Å². The number of esters is 2. The average Bonchev–Trinajstić information content (AvgIpc) is 2.72. The van der Waals surface area contributed by atoms with Crippen LogP contribution in [0.2, 0.25) is 0 Å². The molecule has 222 valence electrons. The number of benzene rings is 1. The smallest absolute Gasteiger partial charge is 0.418 e. The highest BCUT2D eigenvalue weighted by molar-refractivity contribution is 5.85. The van der Waals surface area contributed by atoms with Crippen LogP contribution >= 0.6 is 0 Å². The minimum absolute atomic E-state index is 0.100. The molecule has 0 saturated heterocycles. The van der Waals surface area contributed by atoms with Gasteiger partial charge in [0.05, 0.1) is 0 Å². The second-order valence-electron chi connectivity index (χ2n) is 7.36. The van der Waals surface area contributed by atoms with Gasteiger partial charge in [-0.2, -0.15) is 65.9 Å². The molecule has 0 radical (unpaired) electrons. The molecule has 1 rings (SSSR count). The number of nitrogens with one attached hydrogen (secondary N) is 1. The molecule has 0 aromatic heterocycles. The van der Waals surface area contributed by atoms with Gasteiger partial charge >= 0.3 is 54.1 Å². The van der Waals surface area contributed by atoms with Gasteiger partial charge in [0.15, 0.2) is 11.5 Å². The van der Waals surface area contributed by atoms with Crippen LogP contribution in [0.4, 0.5) is 65.9 Å². The van der Waals surface area contributed by atoms with Crippen molar-refractivity contribution < 1.29 is 89.7 Å². The molecular formula is C18H10F15NO5. The van der Waals surface area contributed by atoms with Crippen molar-refractivity contribution in [3.63, 3.8) is 0 Å². The fourth-order valence-electron chi connectivity index (χ4n) is 2.25. The molecule has 39 heavy (non-hydrogen) atoms. The van der Waals surface area contributed by atoms with Crippen molar-refractivity contribution in [3.05, 3.63) is 23.8 Å². The van der Waals surface area contributed by atoms with Crippen molar-refractivity contribution in [1.29, 1.82) is 0 Å². The lowest BCUT2D eigenvalue weighted by Crippen LogP contribution is -2.52. The zero-order chi connectivity index (χ0) is 31.0. The summed E-state index contributed by atoms with van der Waals surface area (Å²) < 4.78 is 197. The van der Waals surface area contributed by atoms with Crippen molar-refractivity contribution in [3.8, 4) is 11.5 Å². The lowest BCUT2D eigenvalue weighted by molar-refractivity contribution is -0.277. The Morgan fingerprint density at radius 2 is 1.05 bits per heavy atom. The quantitative estimate of drug-likeness (QED) is 0.253. The van der Waals surface area contributed by atoms with E-state index in [1.54, 1.807) is 0 Å². The summed E-state index contributed by atoms with van der Waals surface area (Å²) in [5.74, 6) is -31.9. The van der Waals surface area contributed by atoms with Gasteiger partial charge in [0.2, 0.25) is 0 Å². The summed E-state index contributed by atoms with van der Waals surface area (Å²) >= 11 is 0. The third-order valence-corrected chi connectivity index (χ3v) is 4.20. The van der Waals surface area contributed by atoms with E-state index in [2.05, 4.69) is 9.47 Å². The Kier molecular flexibility index (Phi) is 9.16. The van der Waals surface area contributed by atoms with Gasteiger partial charge in [0.1, 0.15) is 0 Å². The van der Waals surface area contributed by atoms with Crippen LogP contribution in [0.25, 0.3) is 0 Å². The monoisotopic (exact) mass is 605 g/mol. The Labute approximate surface area is 205 Å². The predicted octanol–water partition coefficient (Wildman–Crippen LogP) is 5.14. The molecule has 0 fully saturated rings. The molecule has 1 atom stereocenters. The highest BCUT2D eigenvalue weighted by atomic mass is 19.4. The SMILES string of the molecule is CC(Cc1ccc(OC(=O)C(F)(F)C(F)(F)F)c(OC(=O)C(F)(F)C(F)(F)F)c1)NC(=O)C(F)(F)C(F)(F)F. The van der Waals surface area contributed by atoms with E-state index in [0.29, 0.717) is 6.07 Å². The normalized spacial score (nSPS) is 14.5. The highest BCUT2D eigenvalue weighted by Gasteiger charge is 2.66. The molecule has 21 heteroatoms. The summed E-state index contributed by atoms with van der Waals surface area (Å²) in [5.41, 5.74) is -0.612. The first-order valence-electron chi connectivity index (χ1n) is 9.38. The molecule has 1 aromatic rings. The summed E-state index contributed by atoms with van der Waals surface area (Å²) in [6.45, 7) is 0.756. The Balaban J connectivity index is 3.38. The first-order valence-corrected chi connectivity index (χ1v) is 9.38. The van der Waals surface area contributed by atoms with E-state index in [1.165, 1.54) is 5.32 Å². The van der Waals surface area contributed by atoms with E-state index in [1.807, 2.05) is 0 Å². The number of carbonyl (C=O) groups excluding carboxylic acids is 3. The van der Waals surface area contributed by atoms with Gasteiger partial charge in [0.25, 0.3) is 0 Å². The third kappa shape index (κ3) is 7.37. The summed E-state index contributed by atoms with van der Waals surface area (Å²) in [6, 6.07) is -1.03. The van der Waals surface area contributed by atoms with E-state index >= 15 is 0 Å². The second kappa shape index (κ2) is 10.6. The van der Waals surface area contributed by atoms with Crippen LogP contribution in [0.15, 0.2) is 18.2 Å². The second-order valence-corrected chi connectivity index (χ2v) is 7.36. The topological polar surface area (TPSA) is 81.7 Å². The molecule has 6 nitrogen and oxygen atoms in total. The number of ether oxygens (including phenoxy) is 2. The van der Waals surface area contributed by atoms with E-state index in [9.17, 15) is 80.2 Å². The first kappa shape index (κ1) is 33.6. The summed E-state index contributed by atoms with van der Waals surface area (Å²) in [7, 11) is 0. The number of halogens is 15. The van der Waals surface area contributed by atoms with Crippen molar-refractivity contribution in [2.24, 2.45) is 0 Å². The maximum Gasteiger partial charge on any atom is 0.465 e. The predicted molar refractivity (Wildman–Crippen MR) is 92.0 cm³/mol. The zero-order valence-corrected chi connectivity index (χ0v) is 18.2. The van der Waals surface area contributed by atoms with Crippen LogP contribution in [0.3, 0.4) is 0 Å². The number of alkyl halides is 15. The molecule has 0 aliphatic carbocycles. The number of rotatable bonds is 8. The molecule has 1 aromatic carbocycles. The third-order valence-electron chi connectivity index (χ3n) is 4.20. The van der Waals surface area contributed by atoms with Gasteiger partial charge in [-0.05, 0) is 31.0 Å². The van der Waals surface area contributed by atoms with Gasteiger partial charge < -0.3 is 14.8 Å². The maximum absolute atomic E-state index is 13.2. The molecule has 0 aliphatic heterocycles. The van der Waals surface area contributed by atoms with Crippen LogP contribution in [-0.2, 0) is 20.8 Å². The van der Waals surface area contributed by atoms with Crippen LogP contribution in [-0.4, -0.2) is 60.2 Å². The van der Waals surface area contributed by atoms with Crippen LogP contribution < -0.4 is 14.8 Å². The lowest BCUT2D eigenvalue weighted by Gasteiger charge is -2.22. The molecular weight excluding hydrogens is 595 g/mol. The van der Waals surface area contributed by atoms with E-state index in [-0.39, 0.29) is 12.1 Å². The van der Waals surface area contributed by atoms with Crippen molar-refractivity contribution in [2.45, 2.75) is 55.7 Å². The summed E-state index contributed by atoms with van der Waals surface area (Å²) in [4.78, 5) is 33.8. The van der Waals surface area contributed by atoms with Crippen molar-refractivity contribution in [1.82, 2.24) is 5.32 Å². The fourth-order valence-corrected chi connectivity index (χ4v) is 2.25. The summed E-state index contributed by atoms with van der Waals surface area (Å²) in [6.07, 6.45) is -20.5. The number of amides is 1. The van der Waals surface area contributed by atoms with Gasteiger partial charge in [-0.25, -0.2) is 9.59 Å². The minimum atomic E-state index is -6.62. The standard InChI is InChI=1S/C18H10F15NO5/c1-6(34-10(35)13(19,20)16(25,26)27)4-7-2-3-8(38-11(36)14(21,22)17(28,29)30)9(5-7)39-12(37)15(23,24)18(31,32)33/h2-3,5-6H,4H2,1H3,(H,34,35). The fraction of sp³-hybridized carbons (Fsp3) is 0.500. The molecule has 0 saturated carbocycles. The Morgan fingerprint density at radius 3 is 1.44 bits per heavy atom. The molecule has 0 aliphatic rings. The van der Waals surface area contributed by atoms with Crippen molar-refractivity contribution in [2.75, 3.05) is 0 Å². The average molecular weight is 605 g/mol. The van der Waals surface area contributed by atoms with Gasteiger partial charge in [-0.1, -0.05) is 6.07 Å². The molecule has 1 amide bonds. The highest BCUT2D eigenvalue weighted by Crippen LogP contribution is 2.41. The molecule has 0 bridgehead atoms. The first-order chi connectivity index (χ1) is 17.2. The Hall–Kier alpha value is -3.42. The number of hydrogen-bond acceptors (Lipinski definition) is 5. The Bertz CT molecular complexity index is 1090. The lowest BCUT2D eigenvalue weighted by atomic mass is 10.1. The van der Waals surface area contributed by atoms with Crippen LogP contribution in [0, 0.1) is 0 Å². The van der Waals surface area contributed by atoms with Crippen LogP contribution in [0.1, 0.15) is 12.5 Å². The van der Waals surface area contributed by atoms with Gasteiger partial charge in [-0.15, -0.1) is 0 Å². The molecule has 0 spiro atoms. The largest absolute Gasteiger partial charge is 0.465 e. The maximum atomic E-state index is 13.2. The van der Waals surface area contributed by atoms with Gasteiger partial charge in [0, 0.05) is 6.04 Å². The minimum Gasteiger partial charge on any atom is -0.418 e. The summed E-state index contributed by atoms with van der Waals surface area (Å²) in [5, 5.41) is 1.17. The van der Waals surface area contributed by atoms with Crippen LogP contribution in [0.5, 0.6) is 11.5 Å². The van der Waals surface area contributed by atoms with Crippen molar-refractivity contribution >= 4 is 17.8 Å². The molecule has 1 N–H and O–H groups in total. The number of carbonyl (C=O) groups is 3. The number of hydrogen-bond donors (Lipinski definition) is 1. The molecule has 1 unspecified atom stereocenters. The zero-order valence-electron chi connectivity index (χ0n) is 18.2. The van der Waals surface area contributed by atoms with E-state index < -0.39 is 83.7 Å². The Morgan fingerprint density at radius 1 is 0.667 bits per heavy atom.